The second-order valence-corrected chi connectivity index (χ2v) is 7.52. The second-order valence-electron chi connectivity index (χ2n) is 7.52. The summed E-state index contributed by atoms with van der Waals surface area (Å²) in [4.78, 5) is 28.4. The molecule has 0 aliphatic heterocycles. The molecule has 0 spiro atoms. The summed E-state index contributed by atoms with van der Waals surface area (Å²) in [7, 11) is 5.49. The minimum atomic E-state index is -0.565. The predicted octanol–water partition coefficient (Wildman–Crippen LogP) is 2.36. The fraction of sp³-hybridized carbons (Fsp3) is 0.600. The van der Waals surface area contributed by atoms with Gasteiger partial charge in [-0.05, 0) is 52.9 Å². The molecule has 0 radical (unpaired) electrons. The van der Waals surface area contributed by atoms with Crippen molar-refractivity contribution in [2.75, 3.05) is 40.8 Å². The highest BCUT2D eigenvalue weighted by molar-refractivity contribution is 5.82. The van der Waals surface area contributed by atoms with E-state index in [4.69, 9.17) is 9.47 Å². The van der Waals surface area contributed by atoms with E-state index in [0.29, 0.717) is 25.9 Å². The Morgan fingerprint density at radius 3 is 2.31 bits per heavy atom. The van der Waals surface area contributed by atoms with E-state index in [1.807, 2.05) is 64.0 Å². The number of hydrogen-bond donors (Lipinski definition) is 0. The molecule has 0 unspecified atom stereocenters. The minimum Gasteiger partial charge on any atom is -0.496 e. The van der Waals surface area contributed by atoms with E-state index in [-0.39, 0.29) is 18.4 Å². The first-order valence-electron chi connectivity index (χ1n) is 8.88. The van der Waals surface area contributed by atoms with E-state index in [1.165, 1.54) is 0 Å². The van der Waals surface area contributed by atoms with E-state index in [1.54, 1.807) is 12.0 Å². The summed E-state index contributed by atoms with van der Waals surface area (Å²) in [6, 6.07) is 7.65. The summed E-state index contributed by atoms with van der Waals surface area (Å²) in [6.07, 6.45) is 0.881. The van der Waals surface area contributed by atoms with Crippen molar-refractivity contribution in [3.8, 4) is 5.75 Å². The van der Waals surface area contributed by atoms with Gasteiger partial charge in [0.2, 0.25) is 5.91 Å². The van der Waals surface area contributed by atoms with Gasteiger partial charge >= 0.3 is 5.97 Å². The number of amides is 1. The van der Waals surface area contributed by atoms with Crippen LogP contribution in [-0.2, 0) is 20.7 Å². The summed E-state index contributed by atoms with van der Waals surface area (Å²) in [5.41, 5.74) is 0.415. The molecule has 0 aliphatic carbocycles. The molecule has 1 aromatic carbocycles. The zero-order valence-corrected chi connectivity index (χ0v) is 16.9. The van der Waals surface area contributed by atoms with E-state index >= 15 is 0 Å². The highest BCUT2D eigenvalue weighted by Gasteiger charge is 2.22. The summed E-state index contributed by atoms with van der Waals surface area (Å²) in [6.45, 7) is 6.59. The average molecular weight is 364 g/mol. The Morgan fingerprint density at radius 2 is 1.73 bits per heavy atom. The maximum absolute atomic E-state index is 12.7. The lowest BCUT2D eigenvalue weighted by molar-refractivity contribution is -0.159. The first kappa shape index (κ1) is 22.0. The lowest BCUT2D eigenvalue weighted by Crippen LogP contribution is -2.42. The smallest absolute Gasteiger partial charge is 0.326 e. The van der Waals surface area contributed by atoms with E-state index in [0.717, 1.165) is 11.3 Å². The van der Waals surface area contributed by atoms with Crippen LogP contribution in [0.25, 0.3) is 0 Å². The highest BCUT2D eigenvalue weighted by Crippen LogP contribution is 2.19. The van der Waals surface area contributed by atoms with Crippen LogP contribution in [0.3, 0.4) is 0 Å². The predicted molar refractivity (Wildman–Crippen MR) is 102 cm³/mol. The van der Waals surface area contributed by atoms with Crippen LogP contribution in [-0.4, -0.2) is 68.1 Å². The van der Waals surface area contributed by atoms with Crippen LogP contribution in [0.1, 0.15) is 32.8 Å². The number of ether oxygens (including phenoxy) is 2. The van der Waals surface area contributed by atoms with Gasteiger partial charge in [0, 0.05) is 19.5 Å². The Morgan fingerprint density at radius 1 is 1.08 bits per heavy atom. The van der Waals surface area contributed by atoms with Crippen molar-refractivity contribution in [3.05, 3.63) is 29.8 Å². The van der Waals surface area contributed by atoms with E-state index in [2.05, 4.69) is 0 Å². The number of rotatable bonds is 9. The van der Waals surface area contributed by atoms with Crippen LogP contribution in [0.5, 0.6) is 5.75 Å². The first-order valence-corrected chi connectivity index (χ1v) is 8.88. The van der Waals surface area contributed by atoms with E-state index < -0.39 is 5.60 Å². The van der Waals surface area contributed by atoms with Gasteiger partial charge in [-0.15, -0.1) is 0 Å². The number of para-hydroxylation sites is 1. The van der Waals surface area contributed by atoms with Gasteiger partial charge < -0.3 is 19.3 Å². The standard InChI is InChI=1S/C20H32N2O4/c1-20(2,3)26-19(24)15-22(14-13-21(4)5)18(23)12-11-16-9-7-8-10-17(16)25-6/h7-10H,11-15H2,1-6H3. The normalized spacial score (nSPS) is 11.3. The third kappa shape index (κ3) is 8.34. The zero-order valence-electron chi connectivity index (χ0n) is 16.9. The molecule has 0 saturated carbocycles. The topological polar surface area (TPSA) is 59.1 Å². The zero-order chi connectivity index (χ0) is 19.7. The van der Waals surface area contributed by atoms with Gasteiger partial charge in [0.1, 0.15) is 17.9 Å². The van der Waals surface area contributed by atoms with Gasteiger partial charge in [-0.25, -0.2) is 0 Å². The molecule has 0 bridgehead atoms. The quantitative estimate of drug-likeness (QED) is 0.630. The molecule has 146 valence electrons. The first-order chi connectivity index (χ1) is 12.1. The fourth-order valence-electron chi connectivity index (χ4n) is 2.45. The third-order valence-corrected chi connectivity index (χ3v) is 3.71. The molecule has 0 fully saturated rings. The Labute approximate surface area is 157 Å². The van der Waals surface area contributed by atoms with Gasteiger partial charge in [0.15, 0.2) is 0 Å². The Kier molecular flexibility index (Phi) is 8.58. The summed E-state index contributed by atoms with van der Waals surface area (Å²) < 4.78 is 10.7. The van der Waals surface area contributed by atoms with Crippen LogP contribution >= 0.6 is 0 Å². The molecule has 6 nitrogen and oxygen atoms in total. The number of carbonyl (C=O) groups excluding carboxylic acids is 2. The second kappa shape index (κ2) is 10.2. The number of esters is 1. The minimum absolute atomic E-state index is 0.0319. The third-order valence-electron chi connectivity index (χ3n) is 3.71. The molecule has 1 rings (SSSR count). The molecular formula is C20H32N2O4. The lowest BCUT2D eigenvalue weighted by Gasteiger charge is -2.26. The molecule has 0 heterocycles. The van der Waals surface area contributed by atoms with Crippen LogP contribution in [0.2, 0.25) is 0 Å². The molecule has 0 aromatic heterocycles. The molecule has 1 amide bonds. The number of aryl methyl sites for hydroxylation is 1. The Balaban J connectivity index is 2.72. The van der Waals surface area contributed by atoms with Crippen molar-refractivity contribution in [2.45, 2.75) is 39.2 Å². The maximum Gasteiger partial charge on any atom is 0.326 e. The summed E-state index contributed by atoms with van der Waals surface area (Å²) >= 11 is 0. The molecule has 0 atom stereocenters. The number of hydrogen-bond acceptors (Lipinski definition) is 5. The largest absolute Gasteiger partial charge is 0.496 e. The average Bonchev–Trinajstić information content (AvgIpc) is 2.54. The SMILES string of the molecule is COc1ccccc1CCC(=O)N(CCN(C)C)CC(=O)OC(C)(C)C. The molecule has 0 saturated heterocycles. The van der Waals surface area contributed by atoms with Crippen LogP contribution in [0.15, 0.2) is 24.3 Å². The highest BCUT2D eigenvalue weighted by atomic mass is 16.6. The molecule has 1 aromatic rings. The molecule has 26 heavy (non-hydrogen) atoms. The molecular weight excluding hydrogens is 332 g/mol. The van der Waals surface area contributed by atoms with Crippen molar-refractivity contribution >= 4 is 11.9 Å². The van der Waals surface area contributed by atoms with Gasteiger partial charge in [0.25, 0.3) is 0 Å². The molecule has 0 N–H and O–H groups in total. The Bertz CT molecular complexity index is 594. The molecule has 6 heteroatoms. The van der Waals surface area contributed by atoms with Gasteiger partial charge in [-0.1, -0.05) is 18.2 Å². The van der Waals surface area contributed by atoms with E-state index in [9.17, 15) is 9.59 Å². The number of benzene rings is 1. The maximum atomic E-state index is 12.7. The number of likely N-dealkylation sites (N-methyl/N-ethyl adjacent to an activating group) is 1. The van der Waals surface area contributed by atoms with Crippen LogP contribution in [0, 0.1) is 0 Å². The Hall–Kier alpha value is -2.08. The number of carbonyl (C=O) groups is 2. The van der Waals surface area contributed by atoms with Crippen molar-refractivity contribution in [2.24, 2.45) is 0 Å². The molecule has 0 aliphatic rings. The number of methoxy groups -OCH3 is 1. The van der Waals surface area contributed by atoms with Gasteiger partial charge in [-0.3, -0.25) is 9.59 Å². The van der Waals surface area contributed by atoms with Crippen molar-refractivity contribution in [3.63, 3.8) is 0 Å². The monoisotopic (exact) mass is 364 g/mol. The summed E-state index contributed by atoms with van der Waals surface area (Å²) in [5.74, 6) is 0.317. The number of nitrogens with zero attached hydrogens (tertiary/aromatic N) is 2. The van der Waals surface area contributed by atoms with Gasteiger partial charge in [-0.2, -0.15) is 0 Å². The summed E-state index contributed by atoms with van der Waals surface area (Å²) in [5, 5.41) is 0. The lowest BCUT2D eigenvalue weighted by atomic mass is 10.1. The van der Waals surface area contributed by atoms with Crippen molar-refractivity contribution < 1.29 is 19.1 Å². The van der Waals surface area contributed by atoms with Crippen molar-refractivity contribution in [1.82, 2.24) is 9.80 Å². The van der Waals surface area contributed by atoms with Crippen molar-refractivity contribution in [1.29, 1.82) is 0 Å². The fourth-order valence-corrected chi connectivity index (χ4v) is 2.45. The van der Waals surface area contributed by atoms with Gasteiger partial charge in [0.05, 0.1) is 7.11 Å². The van der Waals surface area contributed by atoms with Crippen LogP contribution in [0.4, 0.5) is 0 Å². The van der Waals surface area contributed by atoms with Crippen LogP contribution < -0.4 is 4.74 Å².